The number of fused-ring (bicyclic) bond motifs is 1. The molecule has 1 aliphatic heterocycles. The maximum Gasteiger partial charge on any atom is 0.268 e. The van der Waals surface area contributed by atoms with Gasteiger partial charge >= 0.3 is 0 Å². The second-order valence-electron chi connectivity index (χ2n) is 6.00. The molecule has 1 saturated heterocycles. The number of carbonyl (C=O) groups is 2. The lowest BCUT2D eigenvalue weighted by molar-refractivity contribution is -0.127. The first kappa shape index (κ1) is 17.0. The third kappa shape index (κ3) is 3.00. The van der Waals surface area contributed by atoms with Crippen LogP contribution in [0.4, 0.5) is 0 Å². The van der Waals surface area contributed by atoms with Gasteiger partial charge in [0.2, 0.25) is 5.91 Å². The number of aromatic nitrogens is 1. The summed E-state index contributed by atoms with van der Waals surface area (Å²) in [6, 6.07) is 15.1. The molecule has 2 N–H and O–H groups in total. The smallest absolute Gasteiger partial charge is 0.268 e. The zero-order valence-corrected chi connectivity index (χ0v) is 14.9. The van der Waals surface area contributed by atoms with Crippen LogP contribution < -0.4 is 10.6 Å². The monoisotopic (exact) mass is 381 g/mol. The molecule has 1 aliphatic rings. The lowest BCUT2D eigenvalue weighted by Crippen LogP contribution is -2.46. The van der Waals surface area contributed by atoms with Crippen molar-refractivity contribution in [3.8, 4) is 0 Å². The Morgan fingerprint density at radius 2 is 1.67 bits per heavy atom. The minimum atomic E-state index is -3.81. The molecule has 0 saturated carbocycles. The molecule has 4 rings (SSSR count). The summed E-state index contributed by atoms with van der Waals surface area (Å²) in [6.45, 7) is -0.0830. The molecule has 2 amide bonds. The van der Waals surface area contributed by atoms with Crippen molar-refractivity contribution >= 4 is 38.8 Å². The van der Waals surface area contributed by atoms with Crippen molar-refractivity contribution in [2.75, 3.05) is 6.54 Å². The number of piperazine rings is 1. The first-order valence-electron chi connectivity index (χ1n) is 8.17. The molecule has 0 aliphatic carbocycles. The van der Waals surface area contributed by atoms with Gasteiger partial charge in [-0.2, -0.15) is 0 Å². The maximum atomic E-state index is 13.1. The fraction of sp³-hybridized carbons (Fsp3) is 0.0526. The van der Waals surface area contributed by atoms with Crippen molar-refractivity contribution < 1.29 is 18.0 Å². The minimum absolute atomic E-state index is 0.0752. The molecule has 1 fully saturated rings. The van der Waals surface area contributed by atoms with Crippen molar-refractivity contribution in [1.29, 1.82) is 0 Å². The third-order valence-corrected chi connectivity index (χ3v) is 5.92. The van der Waals surface area contributed by atoms with Gasteiger partial charge in [-0.3, -0.25) is 9.59 Å². The molecular formula is C19H15N3O4S. The Balaban J connectivity index is 1.90. The van der Waals surface area contributed by atoms with E-state index in [1.165, 1.54) is 28.4 Å². The number of amides is 2. The van der Waals surface area contributed by atoms with Crippen molar-refractivity contribution in [3.63, 3.8) is 0 Å². The number of carbonyl (C=O) groups excluding carboxylic acids is 2. The van der Waals surface area contributed by atoms with E-state index in [2.05, 4.69) is 10.6 Å². The van der Waals surface area contributed by atoms with E-state index in [9.17, 15) is 18.0 Å². The molecule has 3 aromatic rings. The Hall–Kier alpha value is -3.39. The van der Waals surface area contributed by atoms with Gasteiger partial charge < -0.3 is 10.6 Å². The van der Waals surface area contributed by atoms with Crippen LogP contribution in [0.15, 0.2) is 71.4 Å². The Labute approximate surface area is 155 Å². The van der Waals surface area contributed by atoms with Crippen LogP contribution in [0.25, 0.3) is 17.0 Å². The number of nitrogens with zero attached hydrogens (tertiary/aromatic N) is 1. The molecule has 1 aromatic heterocycles. The summed E-state index contributed by atoms with van der Waals surface area (Å²) in [7, 11) is -3.81. The zero-order valence-electron chi connectivity index (χ0n) is 14.0. The van der Waals surface area contributed by atoms with Crippen LogP contribution in [-0.4, -0.2) is 30.7 Å². The van der Waals surface area contributed by atoms with Crippen molar-refractivity contribution in [3.05, 3.63) is 72.1 Å². The Morgan fingerprint density at radius 1 is 0.963 bits per heavy atom. The SMILES string of the molecule is O=C1CNC(=O)/C(=C/c2cn(S(=O)(=O)c3ccccc3)c3ccccc23)N1. The fourth-order valence-electron chi connectivity index (χ4n) is 2.96. The van der Waals surface area contributed by atoms with E-state index in [-0.39, 0.29) is 23.0 Å². The number of hydrogen-bond acceptors (Lipinski definition) is 4. The Bertz CT molecular complexity index is 1190. The quantitative estimate of drug-likeness (QED) is 0.672. The molecule has 0 radical (unpaired) electrons. The topological polar surface area (TPSA) is 97.3 Å². The number of rotatable bonds is 3. The fourth-order valence-corrected chi connectivity index (χ4v) is 4.36. The molecule has 0 unspecified atom stereocenters. The predicted molar refractivity (Wildman–Crippen MR) is 100 cm³/mol. The predicted octanol–water partition coefficient (Wildman–Crippen LogP) is 1.47. The lowest BCUT2D eigenvalue weighted by Gasteiger charge is -2.15. The number of nitrogens with one attached hydrogen (secondary N) is 2. The number of benzene rings is 2. The summed E-state index contributed by atoms with van der Waals surface area (Å²) in [6.07, 6.45) is 2.93. The van der Waals surface area contributed by atoms with Gasteiger partial charge in [-0.25, -0.2) is 12.4 Å². The second-order valence-corrected chi connectivity index (χ2v) is 7.82. The van der Waals surface area contributed by atoms with Crippen LogP contribution in [-0.2, 0) is 19.6 Å². The molecule has 2 aromatic carbocycles. The van der Waals surface area contributed by atoms with Gasteiger partial charge in [0.05, 0.1) is 17.0 Å². The normalized spacial score (nSPS) is 16.4. The summed E-state index contributed by atoms with van der Waals surface area (Å²) in [4.78, 5) is 23.7. The van der Waals surface area contributed by atoms with E-state index in [1.807, 2.05) is 0 Å². The number of hydrogen-bond donors (Lipinski definition) is 2. The Morgan fingerprint density at radius 3 is 2.44 bits per heavy atom. The van der Waals surface area contributed by atoms with E-state index >= 15 is 0 Å². The molecule has 7 nitrogen and oxygen atoms in total. The van der Waals surface area contributed by atoms with Gasteiger partial charge in [-0.05, 0) is 24.3 Å². The highest BCUT2D eigenvalue weighted by Gasteiger charge is 2.23. The lowest BCUT2D eigenvalue weighted by atomic mass is 10.1. The van der Waals surface area contributed by atoms with Gasteiger partial charge in [0.25, 0.3) is 15.9 Å². The van der Waals surface area contributed by atoms with Crippen LogP contribution >= 0.6 is 0 Å². The van der Waals surface area contributed by atoms with Gasteiger partial charge in [-0.15, -0.1) is 0 Å². The van der Waals surface area contributed by atoms with E-state index < -0.39 is 15.9 Å². The van der Waals surface area contributed by atoms with Gasteiger partial charge in [0, 0.05) is 17.1 Å². The van der Waals surface area contributed by atoms with Crippen LogP contribution in [0, 0.1) is 0 Å². The van der Waals surface area contributed by atoms with Crippen LogP contribution in [0.2, 0.25) is 0 Å². The van der Waals surface area contributed by atoms with Gasteiger partial charge in [0.15, 0.2) is 0 Å². The van der Waals surface area contributed by atoms with Gasteiger partial charge in [-0.1, -0.05) is 36.4 Å². The van der Waals surface area contributed by atoms with Crippen LogP contribution in [0.1, 0.15) is 5.56 Å². The van der Waals surface area contributed by atoms with E-state index in [0.29, 0.717) is 16.5 Å². The molecule has 2 heterocycles. The molecule has 0 spiro atoms. The highest BCUT2D eigenvalue weighted by molar-refractivity contribution is 7.90. The minimum Gasteiger partial charge on any atom is -0.342 e. The largest absolute Gasteiger partial charge is 0.342 e. The molecule has 136 valence electrons. The maximum absolute atomic E-state index is 13.1. The summed E-state index contributed by atoms with van der Waals surface area (Å²) < 4.78 is 27.3. The highest BCUT2D eigenvalue weighted by Crippen LogP contribution is 2.27. The van der Waals surface area contributed by atoms with E-state index in [4.69, 9.17) is 0 Å². The van der Waals surface area contributed by atoms with Crippen LogP contribution in [0.5, 0.6) is 0 Å². The standard InChI is InChI=1S/C19H15N3O4S/c23-18-11-20-19(24)16(21-18)10-13-12-22(17-9-5-4-8-15(13)17)27(25,26)14-6-2-1-3-7-14/h1-10,12H,11H2,(H,20,24)(H,21,23)/b16-10-. The molecular weight excluding hydrogens is 366 g/mol. The average Bonchev–Trinajstić information content (AvgIpc) is 3.05. The molecule has 0 bridgehead atoms. The first-order valence-corrected chi connectivity index (χ1v) is 9.61. The summed E-state index contributed by atoms with van der Waals surface area (Å²) >= 11 is 0. The molecule has 27 heavy (non-hydrogen) atoms. The van der Waals surface area contributed by atoms with E-state index in [0.717, 1.165) is 0 Å². The summed E-state index contributed by atoms with van der Waals surface area (Å²) in [5, 5.41) is 5.63. The van der Waals surface area contributed by atoms with Crippen molar-refractivity contribution in [1.82, 2.24) is 14.6 Å². The second kappa shape index (κ2) is 6.40. The highest BCUT2D eigenvalue weighted by atomic mass is 32.2. The Kier molecular flexibility index (Phi) is 4.04. The van der Waals surface area contributed by atoms with Crippen molar-refractivity contribution in [2.24, 2.45) is 0 Å². The molecule has 0 atom stereocenters. The summed E-state index contributed by atoms with van der Waals surface area (Å²) in [5.74, 6) is -0.751. The van der Waals surface area contributed by atoms with Gasteiger partial charge in [0.1, 0.15) is 5.70 Å². The third-order valence-electron chi connectivity index (χ3n) is 4.24. The van der Waals surface area contributed by atoms with E-state index in [1.54, 1.807) is 42.5 Å². The van der Waals surface area contributed by atoms with Crippen LogP contribution in [0.3, 0.4) is 0 Å². The molecule has 8 heteroatoms. The van der Waals surface area contributed by atoms with Crippen molar-refractivity contribution in [2.45, 2.75) is 4.90 Å². The zero-order chi connectivity index (χ0) is 19.0. The average molecular weight is 381 g/mol. The summed E-state index contributed by atoms with van der Waals surface area (Å²) in [5.41, 5.74) is 1.07. The number of para-hydroxylation sites is 1. The first-order chi connectivity index (χ1) is 13.0.